The number of amides is 1. The molecule has 0 aliphatic carbocycles. The van der Waals surface area contributed by atoms with E-state index in [2.05, 4.69) is 29.6 Å². The normalized spacial score (nSPS) is 11.0. The maximum Gasteiger partial charge on any atom is 0.272 e. The monoisotopic (exact) mass is 469 g/mol. The molecule has 0 spiro atoms. The van der Waals surface area contributed by atoms with Crippen molar-refractivity contribution in [2.45, 2.75) is 13.3 Å². The molecule has 0 unspecified atom stereocenters. The first-order valence-electron chi connectivity index (χ1n) is 11.2. The van der Waals surface area contributed by atoms with E-state index in [0.717, 1.165) is 28.6 Å². The van der Waals surface area contributed by atoms with Gasteiger partial charge in [0.1, 0.15) is 5.75 Å². The van der Waals surface area contributed by atoms with Crippen molar-refractivity contribution >= 4 is 23.0 Å². The molecule has 1 heterocycles. The van der Waals surface area contributed by atoms with Crippen LogP contribution in [0.4, 0.5) is 0 Å². The lowest BCUT2D eigenvalue weighted by Crippen LogP contribution is -2.18. The molecule has 4 aromatic rings. The second-order valence-corrected chi connectivity index (χ2v) is 7.77. The third-order valence-electron chi connectivity index (χ3n) is 5.72. The van der Waals surface area contributed by atoms with Crippen molar-refractivity contribution in [3.8, 4) is 28.5 Å². The minimum Gasteiger partial charge on any atom is -0.496 e. The Labute approximate surface area is 204 Å². The fourth-order valence-corrected chi connectivity index (χ4v) is 3.80. The first-order chi connectivity index (χ1) is 17.1. The number of nitrogens with zero attached hydrogens (tertiary/aromatic N) is 2. The van der Waals surface area contributed by atoms with Crippen LogP contribution in [-0.2, 0) is 6.42 Å². The molecule has 178 valence electrons. The van der Waals surface area contributed by atoms with Crippen LogP contribution < -0.4 is 19.6 Å². The Balaban J connectivity index is 1.65. The summed E-state index contributed by atoms with van der Waals surface area (Å²) in [6.45, 7) is 2.11. The Hall–Kier alpha value is -4.39. The van der Waals surface area contributed by atoms with Gasteiger partial charge in [0.15, 0.2) is 11.5 Å². The predicted molar refractivity (Wildman–Crippen MR) is 138 cm³/mol. The molecule has 7 heteroatoms. The summed E-state index contributed by atoms with van der Waals surface area (Å²) in [6.07, 6.45) is 2.47. The second kappa shape index (κ2) is 10.7. The molecule has 0 bridgehead atoms. The Morgan fingerprint density at radius 2 is 1.60 bits per heavy atom. The molecule has 1 aromatic heterocycles. The molecule has 0 radical (unpaired) electrons. The van der Waals surface area contributed by atoms with Crippen molar-refractivity contribution in [3.63, 3.8) is 0 Å². The maximum atomic E-state index is 13.2. The Morgan fingerprint density at radius 3 is 2.29 bits per heavy atom. The average Bonchev–Trinajstić information content (AvgIpc) is 2.91. The molecule has 1 amide bonds. The molecular weight excluding hydrogens is 442 g/mol. The van der Waals surface area contributed by atoms with Crippen molar-refractivity contribution in [2.24, 2.45) is 5.10 Å². The molecule has 4 rings (SSSR count). The molecule has 0 saturated heterocycles. The quantitative estimate of drug-likeness (QED) is 0.281. The minimum absolute atomic E-state index is 0.342. The lowest BCUT2D eigenvalue weighted by Gasteiger charge is -2.12. The van der Waals surface area contributed by atoms with Crippen molar-refractivity contribution in [1.82, 2.24) is 10.4 Å². The van der Waals surface area contributed by atoms with Gasteiger partial charge in [0.2, 0.25) is 0 Å². The summed E-state index contributed by atoms with van der Waals surface area (Å²) in [7, 11) is 4.65. The van der Waals surface area contributed by atoms with Crippen molar-refractivity contribution in [3.05, 3.63) is 83.4 Å². The van der Waals surface area contributed by atoms with E-state index in [0.29, 0.717) is 28.4 Å². The number of fused-ring (bicyclic) bond motifs is 1. The molecule has 0 atom stereocenters. The smallest absolute Gasteiger partial charge is 0.272 e. The van der Waals surface area contributed by atoms with Crippen LogP contribution in [0.5, 0.6) is 17.2 Å². The third kappa shape index (κ3) is 5.09. The summed E-state index contributed by atoms with van der Waals surface area (Å²) >= 11 is 0. The van der Waals surface area contributed by atoms with E-state index in [-0.39, 0.29) is 5.91 Å². The summed E-state index contributed by atoms with van der Waals surface area (Å²) in [5.41, 5.74) is 7.39. The van der Waals surface area contributed by atoms with E-state index in [1.165, 1.54) is 11.8 Å². The van der Waals surface area contributed by atoms with Crippen molar-refractivity contribution < 1.29 is 19.0 Å². The maximum absolute atomic E-state index is 13.2. The fraction of sp³-hybridized carbons (Fsp3) is 0.179. The Kier molecular flexibility index (Phi) is 7.26. The van der Waals surface area contributed by atoms with Gasteiger partial charge in [-0.25, -0.2) is 10.4 Å². The summed E-state index contributed by atoms with van der Waals surface area (Å²) < 4.78 is 16.1. The van der Waals surface area contributed by atoms with Crippen LogP contribution in [0.3, 0.4) is 0 Å². The van der Waals surface area contributed by atoms with Crippen LogP contribution in [-0.4, -0.2) is 38.4 Å². The van der Waals surface area contributed by atoms with Crippen LogP contribution in [0, 0.1) is 0 Å². The molecule has 0 aliphatic rings. The van der Waals surface area contributed by atoms with Crippen LogP contribution in [0.2, 0.25) is 0 Å². The molecule has 0 fully saturated rings. The highest BCUT2D eigenvalue weighted by Gasteiger charge is 2.14. The van der Waals surface area contributed by atoms with E-state index in [1.54, 1.807) is 39.5 Å². The summed E-state index contributed by atoms with van der Waals surface area (Å²) in [4.78, 5) is 18.0. The van der Waals surface area contributed by atoms with E-state index >= 15 is 0 Å². The highest BCUT2D eigenvalue weighted by molar-refractivity contribution is 6.07. The number of nitrogens with one attached hydrogen (secondary N) is 1. The summed E-state index contributed by atoms with van der Waals surface area (Å²) in [5, 5.41) is 4.92. The summed E-state index contributed by atoms with van der Waals surface area (Å²) in [6, 6.07) is 21.0. The predicted octanol–water partition coefficient (Wildman–Crippen LogP) is 5.25. The zero-order valence-corrected chi connectivity index (χ0v) is 20.2. The SMILES string of the molecule is CCc1ccc(-c2cc(C(=O)N/N=C/c3cc(OC)c(OC)cc3OC)c3ccccc3n2)cc1. The number of hydrogen-bond donors (Lipinski definition) is 1. The van der Waals surface area contributed by atoms with E-state index < -0.39 is 0 Å². The van der Waals surface area contributed by atoms with Gasteiger partial charge >= 0.3 is 0 Å². The Morgan fingerprint density at radius 1 is 0.914 bits per heavy atom. The van der Waals surface area contributed by atoms with Crippen LogP contribution in [0.25, 0.3) is 22.2 Å². The number of rotatable bonds is 8. The number of methoxy groups -OCH3 is 3. The molecule has 7 nitrogen and oxygen atoms in total. The van der Waals surface area contributed by atoms with Gasteiger partial charge in [-0.2, -0.15) is 5.10 Å². The van der Waals surface area contributed by atoms with E-state index in [1.807, 2.05) is 36.4 Å². The van der Waals surface area contributed by atoms with Gasteiger partial charge in [0, 0.05) is 22.6 Å². The van der Waals surface area contributed by atoms with Gasteiger partial charge in [0.25, 0.3) is 5.91 Å². The Bertz CT molecular complexity index is 1380. The second-order valence-electron chi connectivity index (χ2n) is 7.77. The largest absolute Gasteiger partial charge is 0.496 e. The molecule has 35 heavy (non-hydrogen) atoms. The number of ether oxygens (including phenoxy) is 3. The number of pyridine rings is 1. The number of para-hydroxylation sites is 1. The number of aromatic nitrogens is 1. The van der Waals surface area contributed by atoms with Crippen LogP contribution >= 0.6 is 0 Å². The van der Waals surface area contributed by atoms with Gasteiger partial charge in [-0.3, -0.25) is 4.79 Å². The van der Waals surface area contributed by atoms with E-state index in [4.69, 9.17) is 19.2 Å². The first kappa shape index (κ1) is 23.8. The van der Waals surface area contributed by atoms with Gasteiger partial charge in [0.05, 0.1) is 44.3 Å². The molecule has 0 aliphatic heterocycles. The van der Waals surface area contributed by atoms with Crippen LogP contribution in [0.1, 0.15) is 28.4 Å². The molecular formula is C28H27N3O4. The average molecular weight is 470 g/mol. The van der Waals surface area contributed by atoms with E-state index in [9.17, 15) is 4.79 Å². The number of hydrogen-bond acceptors (Lipinski definition) is 6. The van der Waals surface area contributed by atoms with Gasteiger partial charge in [-0.05, 0) is 30.2 Å². The topological polar surface area (TPSA) is 82.0 Å². The molecule has 3 aromatic carbocycles. The van der Waals surface area contributed by atoms with Gasteiger partial charge < -0.3 is 14.2 Å². The fourth-order valence-electron chi connectivity index (χ4n) is 3.80. The zero-order chi connectivity index (χ0) is 24.8. The van der Waals surface area contributed by atoms with Crippen molar-refractivity contribution in [2.75, 3.05) is 21.3 Å². The number of hydrazone groups is 1. The third-order valence-corrected chi connectivity index (χ3v) is 5.72. The number of carbonyl (C=O) groups is 1. The highest BCUT2D eigenvalue weighted by Crippen LogP contribution is 2.33. The standard InChI is InChI=1S/C28H27N3O4/c1-5-18-10-12-19(13-11-18)24-15-22(21-8-6-7-9-23(21)30-24)28(32)31-29-17-20-14-26(34-3)27(35-4)16-25(20)33-2/h6-17H,5H2,1-4H3,(H,31,32)/b29-17+. The highest BCUT2D eigenvalue weighted by atomic mass is 16.5. The molecule has 0 saturated carbocycles. The van der Waals surface area contributed by atoms with Gasteiger partial charge in [-0.15, -0.1) is 0 Å². The molecule has 1 N–H and O–H groups in total. The number of carbonyl (C=O) groups excluding carboxylic acids is 1. The number of benzene rings is 3. The lowest BCUT2D eigenvalue weighted by molar-refractivity contribution is 0.0956. The minimum atomic E-state index is -0.342. The lowest BCUT2D eigenvalue weighted by atomic mass is 10.0. The summed E-state index contributed by atoms with van der Waals surface area (Å²) in [5.74, 6) is 1.26. The van der Waals surface area contributed by atoms with Gasteiger partial charge in [-0.1, -0.05) is 49.4 Å². The van der Waals surface area contributed by atoms with Crippen LogP contribution in [0.15, 0.2) is 71.8 Å². The number of aryl methyl sites for hydroxylation is 1. The van der Waals surface area contributed by atoms with Crippen molar-refractivity contribution in [1.29, 1.82) is 0 Å². The zero-order valence-electron chi connectivity index (χ0n) is 20.2. The first-order valence-corrected chi connectivity index (χ1v) is 11.2.